The SMILES string of the molecule is C=NC(=NC(=NCc1ccccc1)c1ccccc1)c1cccc(-c2cccc(-c3cccc(Cl)c3)c2)c1.CCC. The third-order valence-corrected chi connectivity index (χ3v) is 6.36. The Morgan fingerprint density at radius 3 is 1.71 bits per heavy atom. The van der Waals surface area contributed by atoms with Crippen molar-refractivity contribution in [3.8, 4) is 22.3 Å². The van der Waals surface area contributed by atoms with E-state index in [0.29, 0.717) is 18.2 Å². The highest BCUT2D eigenvalue weighted by atomic mass is 35.5. The Kier molecular flexibility index (Phi) is 10.9. The molecule has 204 valence electrons. The highest BCUT2D eigenvalue weighted by Gasteiger charge is 2.09. The van der Waals surface area contributed by atoms with Gasteiger partial charge in [0.25, 0.3) is 0 Å². The quantitative estimate of drug-likeness (QED) is 0.148. The summed E-state index contributed by atoms with van der Waals surface area (Å²) >= 11 is 6.23. The second-order valence-electron chi connectivity index (χ2n) is 9.46. The van der Waals surface area contributed by atoms with Gasteiger partial charge in [-0.1, -0.05) is 141 Å². The molecule has 0 aliphatic carbocycles. The van der Waals surface area contributed by atoms with Gasteiger partial charge in [0, 0.05) is 16.1 Å². The summed E-state index contributed by atoms with van der Waals surface area (Å²) in [5, 5.41) is 0.718. The summed E-state index contributed by atoms with van der Waals surface area (Å²) < 4.78 is 0. The summed E-state index contributed by atoms with van der Waals surface area (Å²) in [6.45, 7) is 8.59. The van der Waals surface area contributed by atoms with Crippen molar-refractivity contribution in [2.24, 2.45) is 15.0 Å². The lowest BCUT2D eigenvalue weighted by molar-refractivity contribution is 1.06. The zero-order valence-corrected chi connectivity index (χ0v) is 24.3. The number of nitrogens with zero attached hydrogens (tertiary/aromatic N) is 3. The molecule has 0 aromatic heterocycles. The predicted molar refractivity (Wildman–Crippen MR) is 177 cm³/mol. The minimum atomic E-state index is 0.522. The fraction of sp³-hybridized carbons (Fsp3) is 0.108. The molecule has 0 heterocycles. The van der Waals surface area contributed by atoms with Crippen LogP contribution in [0.3, 0.4) is 0 Å². The smallest absolute Gasteiger partial charge is 0.161 e. The van der Waals surface area contributed by atoms with Crippen LogP contribution >= 0.6 is 11.6 Å². The molecule has 0 aliphatic heterocycles. The first-order chi connectivity index (χ1) is 20.1. The Morgan fingerprint density at radius 1 is 0.585 bits per heavy atom. The maximum Gasteiger partial charge on any atom is 0.161 e. The summed E-state index contributed by atoms with van der Waals surface area (Å²) in [7, 11) is 0. The standard InChI is InChI=1S/C34H26ClN3.C3H8/c1-36-33(38-34(26-13-6-3-7-14-26)37-24-25-11-4-2-5-12-25)31-19-9-17-29(22-31)27-15-8-16-28(21-27)30-18-10-20-32(35)23-30;1-3-2/h2-23H,1,24H2;3H2,1-2H3. The van der Waals surface area contributed by atoms with Crippen LogP contribution in [0.4, 0.5) is 0 Å². The second kappa shape index (κ2) is 15.3. The average Bonchev–Trinajstić information content (AvgIpc) is 3.03. The summed E-state index contributed by atoms with van der Waals surface area (Å²) in [5.74, 6) is 1.14. The van der Waals surface area contributed by atoms with E-state index < -0.39 is 0 Å². The maximum absolute atomic E-state index is 6.23. The molecular weight excluding hydrogens is 522 g/mol. The molecule has 0 saturated carbocycles. The number of rotatable bonds is 6. The molecule has 41 heavy (non-hydrogen) atoms. The van der Waals surface area contributed by atoms with Crippen molar-refractivity contribution in [1.29, 1.82) is 0 Å². The third-order valence-electron chi connectivity index (χ3n) is 6.12. The highest BCUT2D eigenvalue weighted by molar-refractivity contribution is 6.30. The predicted octanol–water partition coefficient (Wildman–Crippen LogP) is 10.2. The van der Waals surface area contributed by atoms with Gasteiger partial charge in [0.2, 0.25) is 0 Å². The van der Waals surface area contributed by atoms with Crippen LogP contribution in [-0.2, 0) is 6.54 Å². The van der Waals surface area contributed by atoms with Crippen LogP contribution in [0.5, 0.6) is 0 Å². The van der Waals surface area contributed by atoms with E-state index in [0.717, 1.165) is 44.0 Å². The third kappa shape index (κ3) is 8.44. The summed E-state index contributed by atoms with van der Waals surface area (Å²) in [6, 6.07) is 44.6. The topological polar surface area (TPSA) is 37.1 Å². The van der Waals surface area contributed by atoms with Gasteiger partial charge in [-0.15, -0.1) is 0 Å². The molecule has 0 amide bonds. The van der Waals surface area contributed by atoms with Crippen LogP contribution < -0.4 is 0 Å². The lowest BCUT2D eigenvalue weighted by Crippen LogP contribution is -2.05. The molecule has 0 spiro atoms. The fourth-order valence-corrected chi connectivity index (χ4v) is 4.39. The lowest BCUT2D eigenvalue weighted by atomic mass is 9.98. The second-order valence-corrected chi connectivity index (χ2v) is 9.90. The van der Waals surface area contributed by atoms with E-state index in [1.54, 1.807) is 0 Å². The van der Waals surface area contributed by atoms with Gasteiger partial charge in [0.15, 0.2) is 11.7 Å². The van der Waals surface area contributed by atoms with E-state index in [-0.39, 0.29) is 0 Å². The minimum Gasteiger partial charge on any atom is -0.261 e. The number of hydrogen-bond acceptors (Lipinski definition) is 1. The minimum absolute atomic E-state index is 0.522. The average molecular weight is 556 g/mol. The largest absolute Gasteiger partial charge is 0.261 e. The van der Waals surface area contributed by atoms with Crippen molar-refractivity contribution in [2.75, 3.05) is 0 Å². The molecule has 0 atom stereocenters. The van der Waals surface area contributed by atoms with E-state index in [9.17, 15) is 0 Å². The Bertz CT molecular complexity index is 1620. The Labute approximate surface area is 248 Å². The molecule has 0 aliphatic rings. The van der Waals surface area contributed by atoms with Crippen LogP contribution in [0.25, 0.3) is 22.3 Å². The van der Waals surface area contributed by atoms with E-state index in [2.05, 4.69) is 80.2 Å². The Hall–Kier alpha value is -4.60. The van der Waals surface area contributed by atoms with Gasteiger partial charge in [0.05, 0.1) is 6.54 Å². The van der Waals surface area contributed by atoms with Crippen LogP contribution in [0.1, 0.15) is 37.0 Å². The normalized spacial score (nSPS) is 11.4. The lowest BCUT2D eigenvalue weighted by Gasteiger charge is -2.09. The van der Waals surface area contributed by atoms with Crippen molar-refractivity contribution in [2.45, 2.75) is 26.8 Å². The van der Waals surface area contributed by atoms with Crippen molar-refractivity contribution < 1.29 is 0 Å². The maximum atomic E-state index is 6.23. The van der Waals surface area contributed by atoms with Crippen LogP contribution in [0.15, 0.2) is 148 Å². The first-order valence-corrected chi connectivity index (χ1v) is 14.1. The molecule has 3 nitrogen and oxygen atoms in total. The number of halogens is 1. The number of benzene rings is 5. The fourth-order valence-electron chi connectivity index (χ4n) is 4.20. The molecule has 5 aromatic carbocycles. The molecule has 5 aromatic rings. The number of aliphatic imine (C=N–C) groups is 3. The van der Waals surface area contributed by atoms with Crippen LogP contribution in [0.2, 0.25) is 5.02 Å². The molecule has 5 rings (SSSR count). The summed E-state index contributed by atoms with van der Waals surface area (Å²) in [6.07, 6.45) is 1.25. The van der Waals surface area contributed by atoms with E-state index in [1.165, 1.54) is 6.42 Å². The molecule has 0 bridgehead atoms. The number of hydrogen-bond donors (Lipinski definition) is 0. The van der Waals surface area contributed by atoms with Crippen molar-refractivity contribution in [1.82, 2.24) is 0 Å². The van der Waals surface area contributed by atoms with Crippen molar-refractivity contribution >= 4 is 30.0 Å². The van der Waals surface area contributed by atoms with Crippen LogP contribution in [0, 0.1) is 0 Å². The Balaban J connectivity index is 0.00000124. The summed E-state index contributed by atoms with van der Waals surface area (Å²) in [4.78, 5) is 14.0. The monoisotopic (exact) mass is 555 g/mol. The molecule has 0 N–H and O–H groups in total. The van der Waals surface area contributed by atoms with Gasteiger partial charge in [0.1, 0.15) is 0 Å². The van der Waals surface area contributed by atoms with Crippen molar-refractivity contribution in [3.05, 3.63) is 155 Å². The van der Waals surface area contributed by atoms with Gasteiger partial charge in [-0.05, 0) is 58.8 Å². The molecule has 0 fully saturated rings. The number of amidine groups is 2. The van der Waals surface area contributed by atoms with Gasteiger partial charge in [-0.2, -0.15) is 0 Å². The molecule has 0 unspecified atom stereocenters. The van der Waals surface area contributed by atoms with E-state index in [4.69, 9.17) is 21.6 Å². The Morgan fingerprint density at radius 2 is 1.10 bits per heavy atom. The van der Waals surface area contributed by atoms with Gasteiger partial charge in [-0.25, -0.2) is 9.98 Å². The van der Waals surface area contributed by atoms with Crippen molar-refractivity contribution in [3.63, 3.8) is 0 Å². The van der Waals surface area contributed by atoms with Gasteiger partial charge < -0.3 is 0 Å². The van der Waals surface area contributed by atoms with Gasteiger partial charge in [-0.3, -0.25) is 4.99 Å². The first-order valence-electron chi connectivity index (χ1n) is 13.8. The molecule has 0 radical (unpaired) electrons. The zero-order chi connectivity index (χ0) is 28.9. The van der Waals surface area contributed by atoms with E-state index >= 15 is 0 Å². The zero-order valence-electron chi connectivity index (χ0n) is 23.5. The molecular formula is C37H34ClN3. The van der Waals surface area contributed by atoms with Gasteiger partial charge >= 0.3 is 0 Å². The summed E-state index contributed by atoms with van der Waals surface area (Å²) in [5.41, 5.74) is 7.24. The molecule has 4 heteroatoms. The highest BCUT2D eigenvalue weighted by Crippen LogP contribution is 2.28. The molecule has 0 saturated heterocycles. The van der Waals surface area contributed by atoms with Crippen LogP contribution in [-0.4, -0.2) is 18.4 Å². The first kappa shape index (κ1) is 29.4. The van der Waals surface area contributed by atoms with E-state index in [1.807, 2.05) is 78.9 Å².